The van der Waals surface area contributed by atoms with E-state index in [0.29, 0.717) is 17.9 Å². The van der Waals surface area contributed by atoms with Crippen LogP contribution in [0.1, 0.15) is 38.2 Å². The van der Waals surface area contributed by atoms with Crippen LogP contribution in [0.4, 0.5) is 10.1 Å². The minimum atomic E-state index is -0.486. The Balaban J connectivity index is 1.54. The SMILES string of the molecule is CCCCCC=CCOc1cccc(CC(=O)Nc2ccc3ncsc3c2)c1F. The van der Waals surface area contributed by atoms with Crippen LogP contribution in [0, 0.1) is 5.82 Å². The van der Waals surface area contributed by atoms with Crippen LogP contribution in [-0.2, 0) is 11.2 Å². The van der Waals surface area contributed by atoms with Crippen LogP contribution in [0.5, 0.6) is 5.75 Å². The molecule has 1 N–H and O–H groups in total. The van der Waals surface area contributed by atoms with E-state index in [-0.39, 0.29) is 18.1 Å². The zero-order valence-electron chi connectivity index (χ0n) is 16.5. The van der Waals surface area contributed by atoms with E-state index in [4.69, 9.17) is 4.74 Å². The number of rotatable bonds is 10. The lowest BCUT2D eigenvalue weighted by Gasteiger charge is -2.10. The normalized spacial score (nSPS) is 11.2. The number of hydrogen-bond acceptors (Lipinski definition) is 4. The number of nitrogens with one attached hydrogen (secondary N) is 1. The molecular weight excluding hydrogens is 387 g/mol. The molecule has 0 saturated carbocycles. The number of ether oxygens (including phenoxy) is 1. The summed E-state index contributed by atoms with van der Waals surface area (Å²) < 4.78 is 21.2. The molecule has 0 fully saturated rings. The lowest BCUT2D eigenvalue weighted by molar-refractivity contribution is -0.115. The number of nitrogens with zero attached hydrogens (tertiary/aromatic N) is 1. The Morgan fingerprint density at radius 1 is 1.24 bits per heavy atom. The summed E-state index contributed by atoms with van der Waals surface area (Å²) >= 11 is 1.51. The van der Waals surface area contributed by atoms with Gasteiger partial charge in [-0.05, 0) is 37.1 Å². The predicted octanol–water partition coefficient (Wildman–Crippen LogP) is 6.13. The molecule has 0 unspecified atom stereocenters. The number of benzene rings is 2. The summed E-state index contributed by atoms with van der Waals surface area (Å²) in [6.45, 7) is 2.48. The fourth-order valence-corrected chi connectivity index (χ4v) is 3.67. The molecule has 0 atom stereocenters. The number of anilines is 1. The number of carbonyl (C=O) groups excluding carboxylic acids is 1. The highest BCUT2D eigenvalue weighted by Gasteiger charge is 2.13. The smallest absolute Gasteiger partial charge is 0.228 e. The van der Waals surface area contributed by atoms with Gasteiger partial charge < -0.3 is 10.1 Å². The van der Waals surface area contributed by atoms with Gasteiger partial charge in [-0.25, -0.2) is 9.37 Å². The molecule has 1 heterocycles. The van der Waals surface area contributed by atoms with Crippen molar-refractivity contribution in [3.05, 3.63) is 65.4 Å². The minimum Gasteiger partial charge on any atom is -0.486 e. The molecule has 0 spiro atoms. The summed E-state index contributed by atoms with van der Waals surface area (Å²) in [4.78, 5) is 16.6. The molecular formula is C23H25FN2O2S. The van der Waals surface area contributed by atoms with Gasteiger partial charge in [-0.15, -0.1) is 11.3 Å². The maximum atomic E-state index is 14.7. The average Bonchev–Trinajstić information content (AvgIpc) is 3.17. The van der Waals surface area contributed by atoms with Crippen molar-refractivity contribution < 1.29 is 13.9 Å². The van der Waals surface area contributed by atoms with E-state index >= 15 is 0 Å². The fraction of sp³-hybridized carbons (Fsp3) is 0.304. The van der Waals surface area contributed by atoms with Crippen LogP contribution < -0.4 is 10.1 Å². The first-order chi connectivity index (χ1) is 14.2. The van der Waals surface area contributed by atoms with E-state index in [1.807, 2.05) is 18.2 Å². The van der Waals surface area contributed by atoms with E-state index in [1.54, 1.807) is 29.8 Å². The zero-order chi connectivity index (χ0) is 20.5. The van der Waals surface area contributed by atoms with Gasteiger partial charge in [0.05, 0.1) is 22.1 Å². The third kappa shape index (κ3) is 6.12. The molecule has 0 radical (unpaired) electrons. The number of allylic oxidation sites excluding steroid dienone is 1. The first-order valence-corrected chi connectivity index (χ1v) is 10.7. The predicted molar refractivity (Wildman–Crippen MR) is 117 cm³/mol. The van der Waals surface area contributed by atoms with Crippen molar-refractivity contribution in [2.24, 2.45) is 0 Å². The number of fused-ring (bicyclic) bond motifs is 1. The summed E-state index contributed by atoms with van der Waals surface area (Å²) in [5.74, 6) is -0.597. The van der Waals surface area contributed by atoms with Crippen molar-refractivity contribution in [1.82, 2.24) is 4.98 Å². The van der Waals surface area contributed by atoms with Gasteiger partial charge in [0.1, 0.15) is 6.61 Å². The van der Waals surface area contributed by atoms with Crippen LogP contribution in [-0.4, -0.2) is 17.5 Å². The molecule has 0 saturated heterocycles. The summed E-state index contributed by atoms with van der Waals surface area (Å²) in [6.07, 6.45) is 8.47. The molecule has 29 heavy (non-hydrogen) atoms. The van der Waals surface area contributed by atoms with Gasteiger partial charge in [0.2, 0.25) is 5.91 Å². The van der Waals surface area contributed by atoms with Crippen LogP contribution in [0.15, 0.2) is 54.1 Å². The van der Waals surface area contributed by atoms with Crippen LogP contribution in [0.3, 0.4) is 0 Å². The Kier molecular flexibility index (Phi) is 7.76. The van der Waals surface area contributed by atoms with E-state index in [9.17, 15) is 9.18 Å². The average molecular weight is 413 g/mol. The van der Waals surface area contributed by atoms with Crippen LogP contribution >= 0.6 is 11.3 Å². The monoisotopic (exact) mass is 412 g/mol. The quantitative estimate of drug-likeness (QED) is 0.322. The number of carbonyl (C=O) groups is 1. The number of amides is 1. The van der Waals surface area contributed by atoms with Crippen molar-refractivity contribution in [3.8, 4) is 5.75 Å². The molecule has 3 aromatic rings. The molecule has 3 rings (SSSR count). The largest absolute Gasteiger partial charge is 0.486 e. The Bertz CT molecular complexity index is 984. The lowest BCUT2D eigenvalue weighted by Crippen LogP contribution is -2.15. The maximum Gasteiger partial charge on any atom is 0.228 e. The highest BCUT2D eigenvalue weighted by Crippen LogP contribution is 2.23. The molecule has 6 heteroatoms. The number of unbranched alkanes of at least 4 members (excludes halogenated alkanes) is 3. The van der Waals surface area contributed by atoms with Crippen LogP contribution in [0.2, 0.25) is 0 Å². The maximum absolute atomic E-state index is 14.7. The number of aromatic nitrogens is 1. The second kappa shape index (κ2) is 10.7. The number of halogens is 1. The van der Waals surface area contributed by atoms with Gasteiger partial charge >= 0.3 is 0 Å². The molecule has 0 aliphatic heterocycles. The first kappa shape index (κ1) is 21.0. The van der Waals surface area contributed by atoms with Crippen molar-refractivity contribution in [2.75, 3.05) is 11.9 Å². The lowest BCUT2D eigenvalue weighted by atomic mass is 10.1. The van der Waals surface area contributed by atoms with E-state index in [1.165, 1.54) is 24.2 Å². The number of thiazole rings is 1. The summed E-state index contributed by atoms with van der Waals surface area (Å²) in [5.41, 5.74) is 3.64. The third-order valence-corrected chi connectivity index (χ3v) is 5.28. The Labute approximate surface area is 174 Å². The van der Waals surface area contributed by atoms with E-state index in [2.05, 4.69) is 23.3 Å². The first-order valence-electron chi connectivity index (χ1n) is 9.85. The number of hydrogen-bond donors (Lipinski definition) is 1. The zero-order valence-corrected chi connectivity index (χ0v) is 17.3. The van der Waals surface area contributed by atoms with Gasteiger partial charge in [-0.1, -0.05) is 44.1 Å². The molecule has 0 aliphatic carbocycles. The second-order valence-electron chi connectivity index (χ2n) is 6.77. The Morgan fingerprint density at radius 2 is 2.14 bits per heavy atom. The highest BCUT2D eigenvalue weighted by molar-refractivity contribution is 7.16. The van der Waals surface area contributed by atoms with Crippen molar-refractivity contribution in [3.63, 3.8) is 0 Å². The molecule has 0 aliphatic rings. The molecule has 1 aromatic heterocycles. The Morgan fingerprint density at radius 3 is 3.00 bits per heavy atom. The van der Waals surface area contributed by atoms with Crippen molar-refractivity contribution >= 4 is 33.1 Å². The molecule has 4 nitrogen and oxygen atoms in total. The van der Waals surface area contributed by atoms with Gasteiger partial charge in [0, 0.05) is 11.3 Å². The van der Waals surface area contributed by atoms with Crippen LogP contribution in [0.25, 0.3) is 10.2 Å². The standard InChI is InChI=1S/C23H25FN2O2S/c1-2-3-4-5-6-7-13-28-20-10-8-9-17(23(20)24)14-22(27)26-18-11-12-19-21(15-18)29-16-25-19/h6-12,15-16H,2-5,13-14H2,1H3,(H,26,27). The highest BCUT2D eigenvalue weighted by atomic mass is 32.1. The molecule has 152 valence electrons. The second-order valence-corrected chi connectivity index (χ2v) is 7.65. The van der Waals surface area contributed by atoms with Crippen molar-refractivity contribution in [1.29, 1.82) is 0 Å². The fourth-order valence-electron chi connectivity index (χ4n) is 2.95. The third-order valence-electron chi connectivity index (χ3n) is 4.49. The van der Waals surface area contributed by atoms with Crippen molar-refractivity contribution in [2.45, 2.75) is 39.0 Å². The topological polar surface area (TPSA) is 51.2 Å². The van der Waals surface area contributed by atoms with Gasteiger partial charge in [0.25, 0.3) is 0 Å². The van der Waals surface area contributed by atoms with E-state index in [0.717, 1.165) is 23.1 Å². The summed E-state index contributed by atoms with van der Waals surface area (Å²) in [5, 5.41) is 2.82. The summed E-state index contributed by atoms with van der Waals surface area (Å²) in [6, 6.07) is 10.4. The molecule has 2 aromatic carbocycles. The van der Waals surface area contributed by atoms with Gasteiger partial charge in [-0.2, -0.15) is 0 Å². The Hall–Kier alpha value is -2.73. The minimum absolute atomic E-state index is 0.0589. The molecule has 0 bridgehead atoms. The summed E-state index contributed by atoms with van der Waals surface area (Å²) in [7, 11) is 0. The molecule has 1 amide bonds. The van der Waals surface area contributed by atoms with Gasteiger partial charge in [-0.3, -0.25) is 4.79 Å². The van der Waals surface area contributed by atoms with E-state index < -0.39 is 5.82 Å². The van der Waals surface area contributed by atoms with Gasteiger partial charge in [0.15, 0.2) is 11.6 Å².